The Morgan fingerprint density at radius 1 is 1.04 bits per heavy atom. The lowest BCUT2D eigenvalue weighted by Crippen LogP contribution is -2.46. The SMILES string of the molecule is CC[C@H](C)[C@@H](Nc1ccc2c(cc1=O)[C@H](NC(C)=O)CCc1cc(OC)c(OC)c(OC)c1-2)C(=O)N1CCCC1c1nc2ccccc2s1. The van der Waals surface area contributed by atoms with Crippen LogP contribution in [0.2, 0.25) is 0 Å². The van der Waals surface area contributed by atoms with Crippen LogP contribution in [0, 0.1) is 5.92 Å². The van der Waals surface area contributed by atoms with E-state index in [1.165, 1.54) is 6.92 Å². The number of thiazole rings is 1. The summed E-state index contributed by atoms with van der Waals surface area (Å²) in [4.78, 5) is 47.8. The number of nitrogens with zero attached hydrogens (tertiary/aromatic N) is 2. The molecule has 3 aromatic carbocycles. The number of nitrogens with one attached hydrogen (secondary N) is 2. The molecule has 0 bridgehead atoms. The molecule has 0 spiro atoms. The van der Waals surface area contributed by atoms with Gasteiger partial charge in [0.1, 0.15) is 11.0 Å². The van der Waals surface area contributed by atoms with E-state index in [0.717, 1.165) is 51.2 Å². The minimum absolute atomic E-state index is 0.0384. The maximum atomic E-state index is 14.4. The maximum absolute atomic E-state index is 14.4. The predicted molar refractivity (Wildman–Crippen MR) is 193 cm³/mol. The molecule has 2 N–H and O–H groups in total. The summed E-state index contributed by atoms with van der Waals surface area (Å²) >= 11 is 1.64. The van der Waals surface area contributed by atoms with E-state index in [4.69, 9.17) is 19.2 Å². The Morgan fingerprint density at radius 2 is 1.82 bits per heavy atom. The fraction of sp³-hybridized carbons (Fsp3) is 0.421. The highest BCUT2D eigenvalue weighted by Crippen LogP contribution is 2.50. The summed E-state index contributed by atoms with van der Waals surface area (Å²) in [5.41, 5.74) is 4.09. The number of fused-ring (bicyclic) bond motifs is 4. The van der Waals surface area contributed by atoms with E-state index >= 15 is 0 Å². The summed E-state index contributed by atoms with van der Waals surface area (Å²) in [6, 6.07) is 14.0. The second-order valence-corrected chi connectivity index (χ2v) is 13.9. The van der Waals surface area contributed by atoms with Gasteiger partial charge < -0.3 is 29.7 Å². The third-order valence-electron chi connectivity index (χ3n) is 9.84. The molecule has 4 aromatic rings. The lowest BCUT2D eigenvalue weighted by molar-refractivity contribution is -0.134. The van der Waals surface area contributed by atoms with Crippen LogP contribution in [0.25, 0.3) is 21.3 Å². The Morgan fingerprint density at radius 3 is 2.51 bits per heavy atom. The molecule has 6 rings (SSSR count). The minimum atomic E-state index is -0.632. The molecule has 0 saturated carbocycles. The fourth-order valence-corrected chi connectivity index (χ4v) is 8.29. The zero-order valence-corrected chi connectivity index (χ0v) is 29.7. The largest absolute Gasteiger partial charge is 0.493 e. The monoisotopic (exact) mass is 684 g/mol. The van der Waals surface area contributed by atoms with Crippen molar-refractivity contribution < 1.29 is 23.8 Å². The van der Waals surface area contributed by atoms with Crippen molar-refractivity contribution in [2.45, 2.75) is 71.0 Å². The van der Waals surface area contributed by atoms with E-state index in [1.54, 1.807) is 44.8 Å². The molecule has 2 aliphatic rings. The van der Waals surface area contributed by atoms with Gasteiger partial charge in [-0.05, 0) is 78.6 Å². The van der Waals surface area contributed by atoms with Crippen LogP contribution in [-0.2, 0) is 16.0 Å². The van der Waals surface area contributed by atoms with Crippen molar-refractivity contribution in [1.29, 1.82) is 0 Å². The van der Waals surface area contributed by atoms with Crippen molar-refractivity contribution in [3.63, 3.8) is 0 Å². The average Bonchev–Trinajstić information content (AvgIpc) is 3.70. The minimum Gasteiger partial charge on any atom is -0.493 e. The molecule has 1 aliphatic heterocycles. The Bertz CT molecular complexity index is 1910. The van der Waals surface area contributed by atoms with E-state index in [0.29, 0.717) is 47.9 Å². The van der Waals surface area contributed by atoms with Crippen molar-refractivity contribution in [3.05, 3.63) is 74.9 Å². The summed E-state index contributed by atoms with van der Waals surface area (Å²) < 4.78 is 18.4. The molecule has 0 radical (unpaired) electrons. The van der Waals surface area contributed by atoms with Gasteiger partial charge in [0.05, 0.1) is 49.3 Å². The van der Waals surface area contributed by atoms with Crippen molar-refractivity contribution in [2.75, 3.05) is 33.2 Å². The van der Waals surface area contributed by atoms with E-state index in [-0.39, 0.29) is 29.2 Å². The van der Waals surface area contributed by atoms with Crippen LogP contribution in [0.3, 0.4) is 0 Å². The summed E-state index contributed by atoms with van der Waals surface area (Å²) in [7, 11) is 4.71. The molecular formula is C38H44N4O6S. The van der Waals surface area contributed by atoms with Crippen LogP contribution in [-0.4, -0.2) is 55.6 Å². The molecule has 2 amide bonds. The van der Waals surface area contributed by atoms with Gasteiger partial charge in [0.2, 0.25) is 23.0 Å². The van der Waals surface area contributed by atoms with Crippen LogP contribution in [0.4, 0.5) is 5.69 Å². The summed E-state index contributed by atoms with van der Waals surface area (Å²) in [6.07, 6.45) is 3.63. The highest BCUT2D eigenvalue weighted by molar-refractivity contribution is 7.18. The molecule has 1 saturated heterocycles. The number of amides is 2. The molecule has 1 unspecified atom stereocenters. The Labute approximate surface area is 290 Å². The van der Waals surface area contributed by atoms with Crippen LogP contribution >= 0.6 is 11.3 Å². The van der Waals surface area contributed by atoms with E-state index < -0.39 is 12.1 Å². The number of rotatable bonds is 10. The molecule has 49 heavy (non-hydrogen) atoms. The first-order valence-electron chi connectivity index (χ1n) is 16.9. The van der Waals surface area contributed by atoms with E-state index in [1.807, 2.05) is 42.2 Å². The van der Waals surface area contributed by atoms with Crippen molar-refractivity contribution in [2.24, 2.45) is 5.92 Å². The topological polar surface area (TPSA) is 119 Å². The molecule has 4 atom stereocenters. The number of hydrogen-bond acceptors (Lipinski definition) is 9. The number of methoxy groups -OCH3 is 3. The van der Waals surface area contributed by atoms with E-state index in [9.17, 15) is 14.4 Å². The number of carbonyl (C=O) groups is 2. The molecular weight excluding hydrogens is 641 g/mol. The average molecular weight is 685 g/mol. The van der Waals surface area contributed by atoms with Crippen molar-refractivity contribution in [1.82, 2.24) is 15.2 Å². The van der Waals surface area contributed by atoms with Gasteiger partial charge in [-0.25, -0.2) is 4.98 Å². The highest BCUT2D eigenvalue weighted by Gasteiger charge is 2.38. The first kappa shape index (κ1) is 34.2. The summed E-state index contributed by atoms with van der Waals surface area (Å²) in [5.74, 6) is 1.16. The van der Waals surface area contributed by atoms with Crippen LogP contribution in [0.1, 0.15) is 74.7 Å². The van der Waals surface area contributed by atoms with Gasteiger partial charge in [-0.1, -0.05) is 38.5 Å². The number of anilines is 1. The van der Waals surface area contributed by atoms with Gasteiger partial charge in [0, 0.05) is 19.0 Å². The Kier molecular flexibility index (Phi) is 10.1. The van der Waals surface area contributed by atoms with Crippen molar-refractivity contribution >= 4 is 39.1 Å². The molecule has 1 aromatic heterocycles. The lowest BCUT2D eigenvalue weighted by atomic mass is 9.95. The van der Waals surface area contributed by atoms with Crippen LogP contribution in [0.15, 0.2) is 53.3 Å². The fourth-order valence-electron chi connectivity index (χ4n) is 7.18. The van der Waals surface area contributed by atoms with Crippen LogP contribution in [0.5, 0.6) is 17.2 Å². The quantitative estimate of drug-likeness (QED) is 0.190. The van der Waals surface area contributed by atoms with E-state index in [2.05, 4.69) is 23.6 Å². The maximum Gasteiger partial charge on any atom is 0.245 e. The predicted octanol–water partition coefficient (Wildman–Crippen LogP) is 6.66. The number of hydrogen-bond donors (Lipinski definition) is 2. The number of aromatic nitrogens is 1. The molecule has 11 heteroatoms. The first-order chi connectivity index (χ1) is 23.7. The summed E-state index contributed by atoms with van der Waals surface area (Å²) in [6.45, 7) is 6.19. The smallest absolute Gasteiger partial charge is 0.245 e. The lowest BCUT2D eigenvalue weighted by Gasteiger charge is -2.31. The first-order valence-corrected chi connectivity index (χ1v) is 17.7. The Balaban J connectivity index is 1.42. The standard InChI is InChI=1S/C38H44N4O6S/c1-7-21(2)34(38(45)42-18-10-12-29(42)37-41-28-11-8-9-13-32(28)49-37)40-27-17-15-24-25(20-30(27)44)26(39-22(3)43)16-14-23-19-31(46-4)35(47-5)36(48-6)33(23)24/h8-9,11,13,15,17,19-21,26,29,34H,7,10,12,14,16,18H2,1-6H3,(H,39,43)(H,40,44)/t21-,26+,29?,34+/m0/s1. The third-order valence-corrected chi connectivity index (χ3v) is 11.0. The second-order valence-electron chi connectivity index (χ2n) is 12.8. The number of likely N-dealkylation sites (tertiary alicyclic amines) is 1. The molecule has 1 aliphatic carbocycles. The zero-order chi connectivity index (χ0) is 34.8. The van der Waals surface area contributed by atoms with Crippen molar-refractivity contribution in [3.8, 4) is 28.4 Å². The molecule has 2 heterocycles. The third kappa shape index (κ3) is 6.56. The number of ether oxygens (including phenoxy) is 3. The van der Waals surface area contributed by atoms with Gasteiger partial charge in [0.15, 0.2) is 11.5 Å². The van der Waals surface area contributed by atoms with Crippen LogP contribution < -0.4 is 30.3 Å². The number of carbonyl (C=O) groups excluding carboxylic acids is 2. The van der Waals surface area contributed by atoms with Gasteiger partial charge >= 0.3 is 0 Å². The van der Waals surface area contributed by atoms with Gasteiger partial charge in [-0.2, -0.15) is 0 Å². The summed E-state index contributed by atoms with van der Waals surface area (Å²) in [5, 5.41) is 7.39. The highest BCUT2D eigenvalue weighted by atomic mass is 32.1. The number of benzene rings is 2. The Hall–Kier alpha value is -4.64. The normalized spacial score (nSPS) is 18.1. The van der Waals surface area contributed by atoms with Gasteiger partial charge in [-0.15, -0.1) is 11.3 Å². The van der Waals surface area contributed by atoms with Gasteiger partial charge in [0.25, 0.3) is 0 Å². The molecule has 1 fully saturated rings. The number of aryl methyl sites for hydroxylation is 1. The molecule has 258 valence electrons. The second kappa shape index (κ2) is 14.5. The van der Waals surface area contributed by atoms with Gasteiger partial charge in [-0.3, -0.25) is 14.4 Å². The zero-order valence-electron chi connectivity index (χ0n) is 28.9. The number of para-hydroxylation sites is 1. The molecule has 10 nitrogen and oxygen atoms in total.